The second kappa shape index (κ2) is 7.56. The van der Waals surface area contributed by atoms with Crippen molar-refractivity contribution < 1.29 is 13.2 Å². The van der Waals surface area contributed by atoms with E-state index in [4.69, 9.17) is 4.74 Å². The maximum absolute atomic E-state index is 13.1. The fraction of sp³-hybridized carbons (Fsp3) is 0.286. The predicted octanol–water partition coefficient (Wildman–Crippen LogP) is 4.34. The van der Waals surface area contributed by atoms with E-state index in [2.05, 4.69) is 4.98 Å². The average molecular weight is 415 g/mol. The Labute approximate surface area is 169 Å². The normalized spacial score (nSPS) is 13.4. The van der Waals surface area contributed by atoms with Crippen molar-refractivity contribution in [3.8, 4) is 5.75 Å². The minimum Gasteiger partial charge on any atom is -0.487 e. The Kier molecular flexibility index (Phi) is 5.12. The molecule has 1 aromatic heterocycles. The van der Waals surface area contributed by atoms with Gasteiger partial charge < -0.3 is 4.74 Å². The summed E-state index contributed by atoms with van der Waals surface area (Å²) in [5.74, 6) is 0.587. The van der Waals surface area contributed by atoms with Crippen LogP contribution in [0.15, 0.2) is 52.2 Å². The quantitative estimate of drug-likeness (QED) is 0.602. The molecule has 0 unspecified atom stereocenters. The molecule has 3 aromatic rings. The Morgan fingerprint density at radius 1 is 1.14 bits per heavy atom. The Balaban J connectivity index is 1.70. The van der Waals surface area contributed by atoms with Crippen LogP contribution >= 0.6 is 11.3 Å². The highest BCUT2D eigenvalue weighted by Gasteiger charge is 2.28. The number of rotatable bonds is 6. The van der Waals surface area contributed by atoms with Crippen LogP contribution in [0.2, 0.25) is 0 Å². The zero-order valence-corrected chi connectivity index (χ0v) is 17.5. The Morgan fingerprint density at radius 3 is 2.54 bits per heavy atom. The van der Waals surface area contributed by atoms with E-state index in [1.807, 2.05) is 42.5 Å². The van der Waals surface area contributed by atoms with E-state index in [0.717, 1.165) is 36.2 Å². The van der Waals surface area contributed by atoms with Gasteiger partial charge in [-0.15, -0.1) is 11.3 Å². The molecule has 0 spiro atoms. The van der Waals surface area contributed by atoms with Crippen molar-refractivity contribution >= 4 is 27.0 Å². The van der Waals surface area contributed by atoms with Gasteiger partial charge in [-0.3, -0.25) is 4.31 Å². The van der Waals surface area contributed by atoms with Gasteiger partial charge in [0, 0.05) is 18.1 Å². The number of hydrogen-bond donors (Lipinski definition) is 0. The third kappa shape index (κ3) is 3.64. The Hall–Kier alpha value is -2.38. The summed E-state index contributed by atoms with van der Waals surface area (Å²) in [6.45, 7) is 2.18. The van der Waals surface area contributed by atoms with Crippen molar-refractivity contribution in [1.82, 2.24) is 4.98 Å². The molecule has 0 saturated carbocycles. The van der Waals surface area contributed by atoms with Gasteiger partial charge in [0.15, 0.2) is 0 Å². The molecule has 7 heteroatoms. The van der Waals surface area contributed by atoms with Crippen LogP contribution in [0.3, 0.4) is 0 Å². The molecule has 28 heavy (non-hydrogen) atoms. The number of thiazole rings is 1. The van der Waals surface area contributed by atoms with Crippen LogP contribution in [0.1, 0.15) is 28.8 Å². The number of fused-ring (bicyclic) bond motifs is 1. The van der Waals surface area contributed by atoms with Crippen molar-refractivity contribution in [3.05, 3.63) is 70.2 Å². The number of anilines is 1. The lowest BCUT2D eigenvalue weighted by Crippen LogP contribution is -2.27. The smallest absolute Gasteiger partial charge is 0.291 e. The number of aromatic nitrogens is 1. The molecule has 5 nitrogen and oxygen atoms in total. The van der Waals surface area contributed by atoms with Crippen LogP contribution in [0.4, 0.5) is 5.69 Å². The fourth-order valence-electron chi connectivity index (χ4n) is 3.38. The molecular formula is C21H22N2O3S2. The molecule has 0 N–H and O–H groups in total. The van der Waals surface area contributed by atoms with E-state index in [1.165, 1.54) is 15.4 Å². The topological polar surface area (TPSA) is 59.5 Å². The summed E-state index contributed by atoms with van der Waals surface area (Å²) in [7, 11) is -2.17. The van der Waals surface area contributed by atoms with Crippen molar-refractivity contribution in [1.29, 1.82) is 0 Å². The number of sulfonamides is 1. The number of nitrogens with zero attached hydrogens (tertiary/aromatic N) is 2. The van der Waals surface area contributed by atoms with Gasteiger partial charge in [0.2, 0.25) is 4.34 Å². The molecule has 1 heterocycles. The average Bonchev–Trinajstić information content (AvgIpc) is 3.34. The van der Waals surface area contributed by atoms with Gasteiger partial charge in [-0.1, -0.05) is 30.3 Å². The van der Waals surface area contributed by atoms with Crippen molar-refractivity contribution in [2.24, 2.45) is 0 Å². The third-order valence-electron chi connectivity index (χ3n) is 4.93. The molecule has 146 valence electrons. The lowest BCUT2D eigenvalue weighted by Gasteiger charge is -2.22. The summed E-state index contributed by atoms with van der Waals surface area (Å²) in [5, 5.41) is 1.75. The van der Waals surface area contributed by atoms with E-state index < -0.39 is 10.0 Å². The first-order valence-corrected chi connectivity index (χ1v) is 11.5. The summed E-state index contributed by atoms with van der Waals surface area (Å²) in [6.07, 6.45) is 3.05. The van der Waals surface area contributed by atoms with Crippen LogP contribution in [0.5, 0.6) is 5.75 Å². The molecule has 0 amide bonds. The van der Waals surface area contributed by atoms with Crippen molar-refractivity contribution in [3.63, 3.8) is 0 Å². The van der Waals surface area contributed by atoms with Gasteiger partial charge >= 0.3 is 0 Å². The van der Waals surface area contributed by atoms with E-state index in [-0.39, 0.29) is 4.34 Å². The first kappa shape index (κ1) is 19.0. The van der Waals surface area contributed by atoms with E-state index in [9.17, 15) is 8.42 Å². The maximum atomic E-state index is 13.1. The number of ether oxygens (including phenoxy) is 1. The number of aryl methyl sites for hydroxylation is 3. The molecule has 0 fully saturated rings. The van der Waals surface area contributed by atoms with Crippen LogP contribution in [0.25, 0.3) is 0 Å². The van der Waals surface area contributed by atoms with Gasteiger partial charge in [0.05, 0.1) is 5.69 Å². The summed E-state index contributed by atoms with van der Waals surface area (Å²) in [5.41, 5.74) is 4.73. The van der Waals surface area contributed by atoms with Gasteiger partial charge in [-0.2, -0.15) is 8.42 Å². The predicted molar refractivity (Wildman–Crippen MR) is 112 cm³/mol. The molecule has 0 radical (unpaired) electrons. The largest absolute Gasteiger partial charge is 0.487 e. The van der Waals surface area contributed by atoms with Gasteiger partial charge in [0.25, 0.3) is 10.0 Å². The molecule has 0 atom stereocenters. The minimum absolute atomic E-state index is 0.0991. The first-order chi connectivity index (χ1) is 13.4. The van der Waals surface area contributed by atoms with Crippen LogP contribution in [-0.2, 0) is 29.5 Å². The SMILES string of the molecule is Cc1csc(S(=O)(=O)N(C)c2cc3c(cc2OCc2ccccc2)CCC3)n1. The summed E-state index contributed by atoms with van der Waals surface area (Å²) in [4.78, 5) is 4.17. The van der Waals surface area contributed by atoms with E-state index in [0.29, 0.717) is 23.7 Å². The van der Waals surface area contributed by atoms with Crippen molar-refractivity contribution in [2.75, 3.05) is 11.4 Å². The maximum Gasteiger partial charge on any atom is 0.291 e. The first-order valence-electron chi connectivity index (χ1n) is 9.19. The molecular weight excluding hydrogens is 392 g/mol. The van der Waals surface area contributed by atoms with E-state index in [1.54, 1.807) is 19.4 Å². The molecule has 0 aliphatic heterocycles. The summed E-state index contributed by atoms with van der Waals surface area (Å²) >= 11 is 1.14. The molecule has 1 aliphatic carbocycles. The summed E-state index contributed by atoms with van der Waals surface area (Å²) in [6, 6.07) is 13.8. The lowest BCUT2D eigenvalue weighted by atomic mass is 10.1. The molecule has 2 aromatic carbocycles. The Morgan fingerprint density at radius 2 is 1.86 bits per heavy atom. The van der Waals surface area contributed by atoms with E-state index >= 15 is 0 Å². The number of benzene rings is 2. The molecule has 4 rings (SSSR count). The van der Waals surface area contributed by atoms with Gasteiger partial charge in [-0.25, -0.2) is 4.98 Å². The molecule has 0 saturated heterocycles. The monoisotopic (exact) mass is 414 g/mol. The van der Waals surface area contributed by atoms with Crippen LogP contribution < -0.4 is 9.04 Å². The molecule has 0 bridgehead atoms. The highest BCUT2D eigenvalue weighted by Crippen LogP contribution is 2.38. The summed E-state index contributed by atoms with van der Waals surface area (Å²) < 4.78 is 33.7. The second-order valence-electron chi connectivity index (χ2n) is 6.94. The number of hydrogen-bond acceptors (Lipinski definition) is 5. The minimum atomic E-state index is -3.73. The van der Waals surface area contributed by atoms with Crippen molar-refractivity contribution in [2.45, 2.75) is 37.1 Å². The van der Waals surface area contributed by atoms with Gasteiger partial charge in [-0.05, 0) is 55.0 Å². The lowest BCUT2D eigenvalue weighted by molar-refractivity contribution is 0.307. The standard InChI is InChI=1S/C21H22N2O3S2/c1-15-14-27-21(22-15)28(24,25)23(2)19-11-17-9-6-10-18(17)12-20(19)26-13-16-7-4-3-5-8-16/h3-5,7-8,11-12,14H,6,9-10,13H2,1-2H3. The fourth-order valence-corrected chi connectivity index (χ4v) is 5.77. The third-order valence-corrected chi connectivity index (χ3v) is 8.05. The molecule has 1 aliphatic rings. The zero-order chi connectivity index (χ0) is 19.7. The zero-order valence-electron chi connectivity index (χ0n) is 15.9. The van der Waals surface area contributed by atoms with Crippen LogP contribution in [0, 0.1) is 6.92 Å². The highest BCUT2D eigenvalue weighted by atomic mass is 32.2. The van der Waals surface area contributed by atoms with Gasteiger partial charge in [0.1, 0.15) is 12.4 Å². The second-order valence-corrected chi connectivity index (χ2v) is 9.94. The Bertz CT molecular complexity index is 1090. The highest BCUT2D eigenvalue weighted by molar-refractivity contribution is 7.94. The van der Waals surface area contributed by atoms with Crippen LogP contribution in [-0.4, -0.2) is 20.4 Å².